The van der Waals surface area contributed by atoms with Crippen molar-refractivity contribution in [1.82, 2.24) is 0 Å². The lowest BCUT2D eigenvalue weighted by molar-refractivity contribution is -2.00. The summed E-state index contributed by atoms with van der Waals surface area (Å²) in [7, 11) is -4.94. The minimum Gasteiger partial charge on any atom is -0.472 e. The highest BCUT2D eigenvalue weighted by Gasteiger charge is 1.84. The summed E-state index contributed by atoms with van der Waals surface area (Å²) >= 11 is 0. The average Bonchev–Trinajstić information content (AvgIpc) is 1.85. The predicted octanol–water partition coefficient (Wildman–Crippen LogP) is -4.47. The van der Waals surface area contributed by atoms with E-state index in [0.29, 0.717) is 0 Å². The molecule has 0 saturated carbocycles. The second kappa shape index (κ2) is 4.86. The van der Waals surface area contributed by atoms with Gasteiger partial charge in [-0.15, -0.1) is 10.2 Å². The standard InChI is InChI=1S/C5H4O2.ClHO4/c6-5-1-3-7-4-2-5;2-1(3,4)5/h1-4H;(H,2,3,4,5). The van der Waals surface area contributed by atoms with E-state index in [1.807, 2.05) is 0 Å². The zero-order chi connectivity index (χ0) is 9.61. The van der Waals surface area contributed by atoms with E-state index < -0.39 is 10.2 Å². The molecule has 0 atom stereocenters. The quantitative estimate of drug-likeness (QED) is 0.387. The molecule has 0 aliphatic carbocycles. The van der Waals surface area contributed by atoms with E-state index in [-0.39, 0.29) is 5.43 Å². The number of halogens is 1. The Morgan fingerprint density at radius 2 is 1.42 bits per heavy atom. The number of rotatable bonds is 0. The molecule has 1 N–H and O–H groups in total. The van der Waals surface area contributed by atoms with E-state index in [4.69, 9.17) is 23.4 Å². The predicted molar refractivity (Wildman–Crippen MR) is 23.8 cm³/mol. The SMILES string of the molecule is [O-][Cl+3]([O-])([O-])[O-].[OH+]=c1ccocc1. The van der Waals surface area contributed by atoms with Gasteiger partial charge in [-0.1, -0.05) is 0 Å². The third kappa shape index (κ3) is 11.8. The first-order valence-corrected chi connectivity index (χ1v) is 3.79. The van der Waals surface area contributed by atoms with Gasteiger partial charge < -0.3 is 4.42 Å². The van der Waals surface area contributed by atoms with E-state index in [1.54, 1.807) is 0 Å². The first-order valence-electron chi connectivity index (χ1n) is 2.56. The van der Waals surface area contributed by atoms with Crippen molar-refractivity contribution in [2.24, 2.45) is 0 Å². The van der Waals surface area contributed by atoms with Gasteiger partial charge >= 0.3 is 5.43 Å². The van der Waals surface area contributed by atoms with E-state index in [0.717, 1.165) is 0 Å². The Morgan fingerprint density at radius 3 is 1.58 bits per heavy atom. The molecule has 0 aliphatic heterocycles. The molecule has 0 amide bonds. The van der Waals surface area contributed by atoms with Crippen LogP contribution in [0.25, 0.3) is 0 Å². The molecule has 7 heteroatoms. The molecular formula is C5H5ClO6. The molecule has 0 bridgehead atoms. The Bertz CT molecular complexity index is 240. The first kappa shape index (κ1) is 11.1. The van der Waals surface area contributed by atoms with E-state index in [2.05, 4.69) is 4.42 Å². The van der Waals surface area contributed by atoms with Crippen LogP contribution < -0.4 is 24.1 Å². The van der Waals surface area contributed by atoms with Crippen molar-refractivity contribution in [3.05, 3.63) is 30.1 Å². The minimum absolute atomic E-state index is 0.228. The maximum Gasteiger partial charge on any atom is 0.346 e. The van der Waals surface area contributed by atoms with Gasteiger partial charge in [-0.2, -0.15) is 0 Å². The molecule has 1 heterocycles. The zero-order valence-corrected chi connectivity index (χ0v) is 6.43. The fourth-order valence-corrected chi connectivity index (χ4v) is 0.319. The van der Waals surface area contributed by atoms with Crippen LogP contribution in [0.4, 0.5) is 0 Å². The molecule has 1 aromatic rings. The fourth-order valence-electron chi connectivity index (χ4n) is 0.319. The molecule has 0 saturated heterocycles. The third-order valence-corrected chi connectivity index (χ3v) is 0.635. The maximum absolute atomic E-state index is 8.57. The molecule has 0 spiro atoms. The van der Waals surface area contributed by atoms with E-state index >= 15 is 0 Å². The van der Waals surface area contributed by atoms with Gasteiger partial charge in [-0.25, -0.2) is 18.6 Å². The lowest BCUT2D eigenvalue weighted by atomic mass is 10.5. The van der Waals surface area contributed by atoms with Crippen LogP contribution in [-0.2, 0) is 0 Å². The van der Waals surface area contributed by atoms with Crippen LogP contribution in [-0.4, -0.2) is 4.79 Å². The van der Waals surface area contributed by atoms with Gasteiger partial charge in [-0.3, -0.25) is 4.79 Å². The van der Waals surface area contributed by atoms with Crippen molar-refractivity contribution < 1.29 is 38.1 Å². The molecule has 1 rings (SSSR count). The van der Waals surface area contributed by atoms with Crippen LogP contribution >= 0.6 is 0 Å². The van der Waals surface area contributed by atoms with Crippen molar-refractivity contribution in [2.75, 3.05) is 0 Å². The maximum atomic E-state index is 8.57. The van der Waals surface area contributed by atoms with Gasteiger partial charge in [0.2, 0.25) is 0 Å². The largest absolute Gasteiger partial charge is 0.472 e. The molecule has 0 aromatic carbocycles. The van der Waals surface area contributed by atoms with Crippen LogP contribution in [0.3, 0.4) is 0 Å². The molecule has 6 nitrogen and oxygen atoms in total. The van der Waals surface area contributed by atoms with Crippen LogP contribution in [0.1, 0.15) is 0 Å². The summed E-state index contributed by atoms with van der Waals surface area (Å²) in [6, 6.07) is 2.94. The molecule has 0 fully saturated rings. The second-order valence-electron chi connectivity index (χ2n) is 1.54. The first-order chi connectivity index (χ1) is 5.39. The Balaban J connectivity index is 0.000000217. The Morgan fingerprint density at radius 1 is 1.08 bits per heavy atom. The van der Waals surface area contributed by atoms with Crippen molar-refractivity contribution in [2.45, 2.75) is 0 Å². The van der Waals surface area contributed by atoms with Gasteiger partial charge in [0, 0.05) is 0 Å². The molecule has 1 aromatic heterocycles. The van der Waals surface area contributed by atoms with Crippen molar-refractivity contribution >= 4 is 0 Å². The number of hydrogen-bond acceptors (Lipinski definition) is 5. The molecule has 0 unspecified atom stereocenters. The zero-order valence-electron chi connectivity index (χ0n) is 5.68. The lowest BCUT2D eigenvalue weighted by Crippen LogP contribution is -2.68. The highest BCUT2D eigenvalue weighted by molar-refractivity contribution is 4.82. The van der Waals surface area contributed by atoms with Gasteiger partial charge in [-0.05, 0) is 0 Å². The van der Waals surface area contributed by atoms with Crippen molar-refractivity contribution in [3.63, 3.8) is 0 Å². The lowest BCUT2D eigenvalue weighted by Gasteiger charge is -2.17. The summed E-state index contributed by atoms with van der Waals surface area (Å²) in [4.78, 5) is 8.57. The monoisotopic (exact) mass is 196 g/mol. The third-order valence-electron chi connectivity index (χ3n) is 0.635. The topological polar surface area (TPSA) is 127 Å². The Labute approximate surface area is 69.0 Å². The summed E-state index contributed by atoms with van der Waals surface area (Å²) in [6.07, 6.45) is 2.82. The normalized spacial score (nSPS) is 10.0. The second-order valence-corrected chi connectivity index (χ2v) is 2.30. The van der Waals surface area contributed by atoms with E-state index in [1.165, 1.54) is 24.7 Å². The molecular weight excluding hydrogens is 192 g/mol. The molecule has 12 heavy (non-hydrogen) atoms. The summed E-state index contributed by atoms with van der Waals surface area (Å²) in [5.41, 5.74) is 0.228. The summed E-state index contributed by atoms with van der Waals surface area (Å²) in [5.74, 6) is 0. The average molecular weight is 197 g/mol. The minimum atomic E-state index is -4.94. The van der Waals surface area contributed by atoms with Crippen LogP contribution in [0, 0.1) is 10.2 Å². The van der Waals surface area contributed by atoms with Gasteiger partial charge in [0.1, 0.15) is 0 Å². The van der Waals surface area contributed by atoms with Crippen LogP contribution in [0.5, 0.6) is 0 Å². The van der Waals surface area contributed by atoms with Crippen LogP contribution in [0.2, 0.25) is 0 Å². The summed E-state index contributed by atoms with van der Waals surface area (Å²) < 4.78 is 38.6. The molecule has 0 radical (unpaired) electrons. The highest BCUT2D eigenvalue weighted by atomic mass is 35.7. The summed E-state index contributed by atoms with van der Waals surface area (Å²) in [5, 5.41) is 0. The summed E-state index contributed by atoms with van der Waals surface area (Å²) in [6.45, 7) is 0. The molecule has 68 valence electrons. The van der Waals surface area contributed by atoms with Crippen LogP contribution in [0.15, 0.2) is 29.1 Å². The molecule has 0 aliphatic rings. The van der Waals surface area contributed by atoms with Gasteiger partial charge in [0.15, 0.2) is 0 Å². The fraction of sp³-hybridized carbons (Fsp3) is 0. The Hall–Kier alpha value is -0.920. The number of hydrogen-bond donors (Lipinski definition) is 0. The van der Waals surface area contributed by atoms with Crippen molar-refractivity contribution in [1.29, 1.82) is 0 Å². The smallest absolute Gasteiger partial charge is 0.346 e. The highest BCUT2D eigenvalue weighted by Crippen LogP contribution is 1.71. The van der Waals surface area contributed by atoms with Crippen molar-refractivity contribution in [3.8, 4) is 0 Å². The van der Waals surface area contributed by atoms with E-state index in [9.17, 15) is 0 Å². The van der Waals surface area contributed by atoms with Gasteiger partial charge in [0.25, 0.3) is 0 Å². The Kier molecular flexibility index (Phi) is 4.49. The van der Waals surface area contributed by atoms with Gasteiger partial charge in [0.05, 0.1) is 24.7 Å².